The van der Waals surface area contributed by atoms with Gasteiger partial charge >= 0.3 is 5.97 Å². The van der Waals surface area contributed by atoms with E-state index in [1.165, 1.54) is 18.4 Å². The molecular formula is C15H21N3O2S. The molecule has 6 heteroatoms. The van der Waals surface area contributed by atoms with Crippen molar-refractivity contribution in [2.45, 2.75) is 33.6 Å². The summed E-state index contributed by atoms with van der Waals surface area (Å²) in [4.78, 5) is 24.4. The Morgan fingerprint density at radius 3 is 2.52 bits per heavy atom. The van der Waals surface area contributed by atoms with Crippen LogP contribution in [0.2, 0.25) is 0 Å². The molecule has 2 aromatic heterocycles. The third-order valence-electron chi connectivity index (χ3n) is 3.36. The molecule has 0 N–H and O–H groups in total. The van der Waals surface area contributed by atoms with Crippen LogP contribution in [0, 0.1) is 6.92 Å². The zero-order valence-corrected chi connectivity index (χ0v) is 13.8. The summed E-state index contributed by atoms with van der Waals surface area (Å²) in [6.07, 6.45) is 3.68. The van der Waals surface area contributed by atoms with Gasteiger partial charge in [-0.25, -0.2) is 14.8 Å². The van der Waals surface area contributed by atoms with Crippen molar-refractivity contribution < 1.29 is 9.53 Å². The lowest BCUT2D eigenvalue weighted by atomic mass is 10.2. The van der Waals surface area contributed by atoms with Crippen molar-refractivity contribution in [3.63, 3.8) is 0 Å². The van der Waals surface area contributed by atoms with Gasteiger partial charge in [-0.15, -0.1) is 11.3 Å². The Labute approximate surface area is 129 Å². The smallest absolute Gasteiger partial charge is 0.348 e. The maximum Gasteiger partial charge on any atom is 0.348 e. The standard InChI is InChI=1S/C15H21N3O2S/c1-5-7-18(8-6-2)13-11-10(3)12(15(19)20-4)21-14(11)17-9-16-13/h9H,5-8H2,1-4H3. The normalized spacial score (nSPS) is 10.9. The average molecular weight is 307 g/mol. The molecule has 0 unspecified atom stereocenters. The number of aryl methyl sites for hydroxylation is 1. The number of nitrogens with zero attached hydrogens (tertiary/aromatic N) is 3. The van der Waals surface area contributed by atoms with Crippen LogP contribution in [0.25, 0.3) is 10.2 Å². The van der Waals surface area contributed by atoms with Gasteiger partial charge in [-0.2, -0.15) is 0 Å². The Morgan fingerprint density at radius 2 is 1.95 bits per heavy atom. The van der Waals surface area contributed by atoms with Gasteiger partial charge in [0.05, 0.1) is 12.5 Å². The zero-order valence-electron chi connectivity index (χ0n) is 13.0. The van der Waals surface area contributed by atoms with E-state index in [2.05, 4.69) is 28.7 Å². The first kappa shape index (κ1) is 15.7. The number of carbonyl (C=O) groups excluding carboxylic acids is 1. The number of ether oxygens (including phenoxy) is 1. The SMILES string of the molecule is CCCN(CCC)c1ncnc2sc(C(=O)OC)c(C)c12. The van der Waals surface area contributed by atoms with Crippen LogP contribution in [0.5, 0.6) is 0 Å². The second kappa shape index (κ2) is 6.85. The maximum atomic E-state index is 11.9. The molecule has 0 amide bonds. The molecule has 0 spiro atoms. The third kappa shape index (κ3) is 3.00. The van der Waals surface area contributed by atoms with Crippen molar-refractivity contribution in [1.29, 1.82) is 0 Å². The van der Waals surface area contributed by atoms with Gasteiger partial charge in [-0.3, -0.25) is 0 Å². The molecule has 0 aliphatic carbocycles. The highest BCUT2D eigenvalue weighted by atomic mass is 32.1. The Bertz CT molecular complexity index is 633. The number of hydrogen-bond acceptors (Lipinski definition) is 6. The van der Waals surface area contributed by atoms with Crippen LogP contribution in [0.3, 0.4) is 0 Å². The Balaban J connectivity index is 2.58. The molecule has 5 nitrogen and oxygen atoms in total. The fraction of sp³-hybridized carbons (Fsp3) is 0.533. The second-order valence-electron chi connectivity index (χ2n) is 4.91. The summed E-state index contributed by atoms with van der Waals surface area (Å²) in [7, 11) is 1.40. The van der Waals surface area contributed by atoms with Gasteiger partial charge in [-0.05, 0) is 25.3 Å². The number of thiophene rings is 1. The minimum Gasteiger partial charge on any atom is -0.465 e. The van der Waals surface area contributed by atoms with E-state index in [-0.39, 0.29) is 5.97 Å². The minimum atomic E-state index is -0.306. The van der Waals surface area contributed by atoms with Crippen LogP contribution in [-0.4, -0.2) is 36.1 Å². The molecular weight excluding hydrogens is 286 g/mol. The van der Waals surface area contributed by atoms with E-state index in [1.54, 1.807) is 6.33 Å². The van der Waals surface area contributed by atoms with E-state index in [0.29, 0.717) is 4.88 Å². The van der Waals surface area contributed by atoms with Gasteiger partial charge < -0.3 is 9.64 Å². The summed E-state index contributed by atoms with van der Waals surface area (Å²) in [5, 5.41) is 0.977. The van der Waals surface area contributed by atoms with E-state index < -0.39 is 0 Å². The first-order chi connectivity index (χ1) is 10.1. The number of esters is 1. The van der Waals surface area contributed by atoms with Crippen molar-refractivity contribution >= 4 is 33.3 Å². The van der Waals surface area contributed by atoms with Gasteiger partial charge in [-0.1, -0.05) is 13.8 Å². The lowest BCUT2D eigenvalue weighted by Gasteiger charge is -2.23. The monoisotopic (exact) mass is 307 g/mol. The van der Waals surface area contributed by atoms with Gasteiger partial charge in [0, 0.05) is 13.1 Å². The third-order valence-corrected chi connectivity index (χ3v) is 4.54. The fourth-order valence-electron chi connectivity index (χ4n) is 2.44. The van der Waals surface area contributed by atoms with Gasteiger partial charge in [0.25, 0.3) is 0 Å². The van der Waals surface area contributed by atoms with Crippen molar-refractivity contribution in [3.05, 3.63) is 16.8 Å². The second-order valence-corrected chi connectivity index (χ2v) is 5.91. The topological polar surface area (TPSA) is 55.3 Å². The molecule has 0 radical (unpaired) electrons. The van der Waals surface area contributed by atoms with Crippen LogP contribution in [0.4, 0.5) is 5.82 Å². The summed E-state index contributed by atoms with van der Waals surface area (Å²) >= 11 is 1.37. The molecule has 0 atom stereocenters. The van der Waals surface area contributed by atoms with Crippen LogP contribution < -0.4 is 4.90 Å². The van der Waals surface area contributed by atoms with Crippen LogP contribution in [0.1, 0.15) is 41.9 Å². The molecule has 0 aliphatic rings. The number of anilines is 1. The van der Waals surface area contributed by atoms with Crippen LogP contribution >= 0.6 is 11.3 Å². The molecule has 0 aliphatic heterocycles. The van der Waals surface area contributed by atoms with Crippen molar-refractivity contribution in [2.75, 3.05) is 25.1 Å². The van der Waals surface area contributed by atoms with Crippen LogP contribution in [-0.2, 0) is 4.74 Å². The summed E-state index contributed by atoms with van der Waals surface area (Å²) in [6, 6.07) is 0. The predicted octanol–water partition coefficient (Wildman–Crippen LogP) is 3.41. The summed E-state index contributed by atoms with van der Waals surface area (Å²) in [5.74, 6) is 0.617. The molecule has 114 valence electrons. The van der Waals surface area contributed by atoms with Gasteiger partial charge in [0.15, 0.2) is 0 Å². The lowest BCUT2D eigenvalue weighted by Crippen LogP contribution is -2.26. The highest BCUT2D eigenvalue weighted by molar-refractivity contribution is 7.20. The van der Waals surface area contributed by atoms with Crippen molar-refractivity contribution in [1.82, 2.24) is 9.97 Å². The average Bonchev–Trinajstić information content (AvgIpc) is 2.83. The molecule has 0 saturated heterocycles. The van der Waals surface area contributed by atoms with Gasteiger partial charge in [0.2, 0.25) is 0 Å². The maximum absolute atomic E-state index is 11.9. The predicted molar refractivity (Wildman–Crippen MR) is 86.3 cm³/mol. The summed E-state index contributed by atoms with van der Waals surface area (Å²) in [6.45, 7) is 8.14. The summed E-state index contributed by atoms with van der Waals surface area (Å²) in [5.41, 5.74) is 0.912. The molecule has 2 aromatic rings. The molecule has 21 heavy (non-hydrogen) atoms. The highest BCUT2D eigenvalue weighted by Crippen LogP contribution is 2.35. The number of hydrogen-bond donors (Lipinski definition) is 0. The quantitative estimate of drug-likeness (QED) is 0.765. The minimum absolute atomic E-state index is 0.306. The molecule has 0 aromatic carbocycles. The molecule has 0 saturated carbocycles. The highest BCUT2D eigenvalue weighted by Gasteiger charge is 2.21. The molecule has 2 rings (SSSR count). The number of carbonyl (C=O) groups is 1. The fourth-order valence-corrected chi connectivity index (χ4v) is 3.51. The lowest BCUT2D eigenvalue weighted by molar-refractivity contribution is 0.0605. The van der Waals surface area contributed by atoms with Crippen molar-refractivity contribution in [2.24, 2.45) is 0 Å². The van der Waals surface area contributed by atoms with E-state index >= 15 is 0 Å². The Hall–Kier alpha value is -1.69. The molecule has 0 fully saturated rings. The van der Waals surface area contributed by atoms with Crippen molar-refractivity contribution in [3.8, 4) is 0 Å². The van der Waals surface area contributed by atoms with E-state index in [4.69, 9.17) is 4.74 Å². The number of rotatable bonds is 6. The first-order valence-corrected chi connectivity index (χ1v) is 8.03. The van der Waals surface area contributed by atoms with Gasteiger partial charge in [0.1, 0.15) is 21.9 Å². The number of fused-ring (bicyclic) bond motifs is 1. The summed E-state index contributed by atoms with van der Waals surface area (Å²) < 4.78 is 4.85. The molecule has 0 bridgehead atoms. The number of aromatic nitrogens is 2. The Morgan fingerprint density at radius 1 is 1.29 bits per heavy atom. The first-order valence-electron chi connectivity index (χ1n) is 7.21. The van der Waals surface area contributed by atoms with E-state index in [0.717, 1.165) is 47.5 Å². The largest absolute Gasteiger partial charge is 0.465 e. The van der Waals surface area contributed by atoms with E-state index in [9.17, 15) is 4.79 Å². The zero-order chi connectivity index (χ0) is 15.4. The Kier molecular flexibility index (Phi) is 5.12. The van der Waals surface area contributed by atoms with E-state index in [1.807, 2.05) is 6.92 Å². The number of methoxy groups -OCH3 is 1. The van der Waals surface area contributed by atoms with Crippen LogP contribution in [0.15, 0.2) is 6.33 Å². The molecule has 2 heterocycles.